The Hall–Kier alpha value is -1.29. The second-order valence-corrected chi connectivity index (χ2v) is 6.13. The summed E-state index contributed by atoms with van der Waals surface area (Å²) in [6, 6.07) is 10.6. The molecular weight excluding hydrogens is 274 g/mol. The first-order chi connectivity index (χ1) is 8.79. The number of phenolic OH excluding ortho intramolecular Hbond substituents is 1. The molecule has 0 aromatic heterocycles. The van der Waals surface area contributed by atoms with Gasteiger partial charge in [-0.1, -0.05) is 39.0 Å². The molecule has 0 amide bonds. The van der Waals surface area contributed by atoms with Crippen molar-refractivity contribution in [2.75, 3.05) is 0 Å². The van der Waals surface area contributed by atoms with Gasteiger partial charge in [0.2, 0.25) is 0 Å². The van der Waals surface area contributed by atoms with Crippen molar-refractivity contribution < 1.29 is 10.2 Å². The number of fused-ring (bicyclic) bond motifs is 1. The summed E-state index contributed by atoms with van der Waals surface area (Å²) in [7, 11) is 0. The van der Waals surface area contributed by atoms with Gasteiger partial charge < -0.3 is 15.9 Å². The van der Waals surface area contributed by atoms with E-state index < -0.39 is 12.1 Å². The van der Waals surface area contributed by atoms with Gasteiger partial charge in [-0.3, -0.25) is 0 Å². The zero-order chi connectivity index (χ0) is 14.2. The zero-order valence-electron chi connectivity index (χ0n) is 12.0. The molecule has 110 valence electrons. The van der Waals surface area contributed by atoms with Crippen LogP contribution in [0.15, 0.2) is 36.4 Å². The fourth-order valence-corrected chi connectivity index (χ4v) is 2.18. The highest BCUT2D eigenvalue weighted by molar-refractivity contribution is 5.85. The molecule has 0 spiro atoms. The smallest absolute Gasteiger partial charge is 0.116 e. The first kappa shape index (κ1) is 16.8. The molecule has 2 aromatic carbocycles. The maximum Gasteiger partial charge on any atom is 0.116 e. The van der Waals surface area contributed by atoms with Crippen LogP contribution in [0, 0.1) is 5.41 Å². The number of nitrogens with two attached hydrogens (primary N) is 1. The lowest BCUT2D eigenvalue weighted by molar-refractivity contribution is 0.0401. The van der Waals surface area contributed by atoms with E-state index in [9.17, 15) is 10.2 Å². The number of halogens is 1. The van der Waals surface area contributed by atoms with Crippen LogP contribution < -0.4 is 5.73 Å². The molecule has 0 unspecified atom stereocenters. The molecule has 0 radical (unpaired) electrons. The molecule has 2 aromatic rings. The standard InChI is InChI=1S/C16H21NO2.ClH/c1-16(2,3)15(19)14(17)12-5-4-11-9-13(18)7-6-10(11)8-12;/h4-9,14-15,18-19H,17H2,1-3H3;1H/t14-,15-;/m0./s1. The lowest BCUT2D eigenvalue weighted by Crippen LogP contribution is -2.36. The summed E-state index contributed by atoms with van der Waals surface area (Å²) in [5.41, 5.74) is 6.79. The highest BCUT2D eigenvalue weighted by atomic mass is 35.5. The molecule has 0 fully saturated rings. The molecule has 2 rings (SSSR count). The van der Waals surface area contributed by atoms with Crippen LogP contribution in [0.2, 0.25) is 0 Å². The fraction of sp³-hybridized carbons (Fsp3) is 0.375. The number of aromatic hydroxyl groups is 1. The third kappa shape index (κ3) is 3.42. The first-order valence-electron chi connectivity index (χ1n) is 6.45. The number of aliphatic hydroxyl groups excluding tert-OH is 1. The highest BCUT2D eigenvalue weighted by Crippen LogP contribution is 2.30. The van der Waals surface area contributed by atoms with E-state index in [2.05, 4.69) is 0 Å². The summed E-state index contributed by atoms with van der Waals surface area (Å²) >= 11 is 0. The van der Waals surface area contributed by atoms with E-state index >= 15 is 0 Å². The van der Waals surface area contributed by atoms with Crippen LogP contribution in [-0.2, 0) is 0 Å². The number of phenols is 1. The topological polar surface area (TPSA) is 66.5 Å². The van der Waals surface area contributed by atoms with Crippen LogP contribution in [0.4, 0.5) is 0 Å². The third-order valence-corrected chi connectivity index (χ3v) is 3.46. The lowest BCUT2D eigenvalue weighted by Gasteiger charge is -2.31. The second kappa shape index (κ2) is 6.00. The average molecular weight is 296 g/mol. The van der Waals surface area contributed by atoms with Crippen molar-refractivity contribution in [2.24, 2.45) is 11.1 Å². The SMILES string of the molecule is CC(C)(C)[C@@H](O)[C@@H](N)c1ccc2cc(O)ccc2c1.Cl. The van der Waals surface area contributed by atoms with Gasteiger partial charge in [-0.05, 0) is 39.9 Å². The number of rotatable bonds is 2. The van der Waals surface area contributed by atoms with Gasteiger partial charge in [0.25, 0.3) is 0 Å². The van der Waals surface area contributed by atoms with E-state index in [0.717, 1.165) is 16.3 Å². The Labute approximate surface area is 125 Å². The molecule has 3 nitrogen and oxygen atoms in total. The molecule has 0 bridgehead atoms. The van der Waals surface area contributed by atoms with Gasteiger partial charge in [0, 0.05) is 0 Å². The average Bonchev–Trinajstić information content (AvgIpc) is 2.35. The van der Waals surface area contributed by atoms with Crippen LogP contribution >= 0.6 is 12.4 Å². The fourth-order valence-electron chi connectivity index (χ4n) is 2.18. The minimum Gasteiger partial charge on any atom is -0.508 e. The van der Waals surface area contributed by atoms with Crippen molar-refractivity contribution in [3.63, 3.8) is 0 Å². The van der Waals surface area contributed by atoms with Gasteiger partial charge in [0.15, 0.2) is 0 Å². The largest absolute Gasteiger partial charge is 0.508 e. The number of benzene rings is 2. The second-order valence-electron chi connectivity index (χ2n) is 6.13. The summed E-state index contributed by atoms with van der Waals surface area (Å²) in [5, 5.41) is 21.7. The van der Waals surface area contributed by atoms with E-state index in [0.29, 0.717) is 0 Å². The monoisotopic (exact) mass is 295 g/mol. The summed E-state index contributed by atoms with van der Waals surface area (Å²) in [6.07, 6.45) is -0.609. The predicted octanol–water partition coefficient (Wildman–Crippen LogP) is 3.37. The molecule has 0 heterocycles. The Morgan fingerprint density at radius 2 is 1.55 bits per heavy atom. The van der Waals surface area contributed by atoms with Crippen LogP contribution in [0.3, 0.4) is 0 Å². The molecule has 20 heavy (non-hydrogen) atoms. The summed E-state index contributed by atoms with van der Waals surface area (Å²) < 4.78 is 0. The van der Waals surface area contributed by atoms with E-state index in [1.165, 1.54) is 0 Å². The Morgan fingerprint density at radius 3 is 2.15 bits per heavy atom. The maximum absolute atomic E-state index is 10.3. The van der Waals surface area contributed by atoms with Gasteiger partial charge in [-0.25, -0.2) is 0 Å². The minimum absolute atomic E-state index is 0. The Balaban J connectivity index is 0.00000200. The van der Waals surface area contributed by atoms with Crippen molar-refractivity contribution in [1.82, 2.24) is 0 Å². The van der Waals surface area contributed by atoms with Crippen molar-refractivity contribution in [2.45, 2.75) is 32.9 Å². The molecule has 2 atom stereocenters. The lowest BCUT2D eigenvalue weighted by atomic mass is 9.82. The van der Waals surface area contributed by atoms with E-state index in [-0.39, 0.29) is 23.6 Å². The third-order valence-electron chi connectivity index (χ3n) is 3.46. The van der Waals surface area contributed by atoms with Gasteiger partial charge in [0.05, 0.1) is 12.1 Å². The zero-order valence-corrected chi connectivity index (χ0v) is 12.8. The quantitative estimate of drug-likeness (QED) is 0.796. The summed E-state index contributed by atoms with van der Waals surface area (Å²) in [5.74, 6) is 0.249. The van der Waals surface area contributed by atoms with E-state index in [1.807, 2.05) is 45.0 Å². The van der Waals surface area contributed by atoms with Crippen LogP contribution in [0.5, 0.6) is 5.75 Å². The predicted molar refractivity (Wildman–Crippen MR) is 85.3 cm³/mol. The van der Waals surface area contributed by atoms with Crippen LogP contribution in [0.25, 0.3) is 10.8 Å². The summed E-state index contributed by atoms with van der Waals surface area (Å²) in [4.78, 5) is 0. The van der Waals surface area contributed by atoms with E-state index in [4.69, 9.17) is 5.73 Å². The van der Waals surface area contributed by atoms with Gasteiger partial charge in [-0.15, -0.1) is 12.4 Å². The number of hydrogen-bond acceptors (Lipinski definition) is 3. The van der Waals surface area contributed by atoms with Crippen molar-refractivity contribution in [3.05, 3.63) is 42.0 Å². The van der Waals surface area contributed by atoms with Gasteiger partial charge in [0.1, 0.15) is 5.75 Å². The van der Waals surface area contributed by atoms with Crippen molar-refractivity contribution >= 4 is 23.2 Å². The van der Waals surface area contributed by atoms with Gasteiger partial charge in [-0.2, -0.15) is 0 Å². The Bertz CT molecular complexity index is 593. The number of hydrogen-bond donors (Lipinski definition) is 3. The van der Waals surface area contributed by atoms with E-state index in [1.54, 1.807) is 12.1 Å². The molecule has 4 N–H and O–H groups in total. The van der Waals surface area contributed by atoms with Crippen molar-refractivity contribution in [3.8, 4) is 5.75 Å². The molecule has 4 heteroatoms. The summed E-state index contributed by atoms with van der Waals surface area (Å²) in [6.45, 7) is 5.91. The Morgan fingerprint density at radius 1 is 1.00 bits per heavy atom. The minimum atomic E-state index is -0.609. The highest BCUT2D eigenvalue weighted by Gasteiger charge is 2.29. The molecule has 0 aliphatic rings. The van der Waals surface area contributed by atoms with Gasteiger partial charge >= 0.3 is 0 Å². The molecular formula is C16H22ClNO2. The molecule has 0 aliphatic carbocycles. The van der Waals surface area contributed by atoms with Crippen LogP contribution in [-0.4, -0.2) is 16.3 Å². The maximum atomic E-state index is 10.3. The number of aliphatic hydroxyl groups is 1. The first-order valence-corrected chi connectivity index (χ1v) is 6.45. The normalized spacial score (nSPS) is 14.7. The van der Waals surface area contributed by atoms with Crippen molar-refractivity contribution in [1.29, 1.82) is 0 Å². The molecule has 0 saturated carbocycles. The molecule has 0 aliphatic heterocycles. The molecule has 0 saturated heterocycles. The Kier molecular flexibility index (Phi) is 5.03. The van der Waals surface area contributed by atoms with Crippen LogP contribution in [0.1, 0.15) is 32.4 Å².